The Labute approximate surface area is 211 Å². The van der Waals surface area contributed by atoms with Crippen molar-refractivity contribution in [3.05, 3.63) is 76.9 Å². The second-order valence-corrected chi connectivity index (χ2v) is 8.36. The van der Waals surface area contributed by atoms with Crippen molar-refractivity contribution in [2.24, 2.45) is 0 Å². The third-order valence-electron chi connectivity index (χ3n) is 5.64. The van der Waals surface area contributed by atoms with Crippen molar-refractivity contribution in [1.29, 1.82) is 0 Å². The van der Waals surface area contributed by atoms with Crippen LogP contribution < -0.4 is 14.2 Å². The number of phenolic OH excluding ortho intramolecular Hbond substituents is 1. The van der Waals surface area contributed by atoms with Crippen LogP contribution in [0.5, 0.6) is 28.7 Å². The maximum absolute atomic E-state index is 11.7. The monoisotopic (exact) mass is 492 g/mol. The number of aromatic carboxylic acids is 1. The molecule has 2 N–H and O–H groups in total. The number of carbonyl (C=O) groups is 2. The van der Waals surface area contributed by atoms with Gasteiger partial charge in [0.15, 0.2) is 5.78 Å². The highest BCUT2D eigenvalue weighted by Gasteiger charge is 2.14. The number of para-hydroxylation sites is 1. The van der Waals surface area contributed by atoms with Crippen LogP contribution in [-0.2, 0) is 12.8 Å². The summed E-state index contributed by atoms with van der Waals surface area (Å²) in [6.45, 7) is 6.28. The lowest BCUT2D eigenvalue weighted by molar-refractivity contribution is 0.0694. The number of rotatable bonds is 13. The molecule has 0 atom stereocenters. The van der Waals surface area contributed by atoms with E-state index in [1.54, 1.807) is 30.3 Å². The quantitative estimate of drug-likeness (QED) is 0.209. The lowest BCUT2D eigenvalue weighted by Crippen LogP contribution is -2.08. The minimum atomic E-state index is -1.04. The Morgan fingerprint density at radius 2 is 1.56 bits per heavy atom. The summed E-state index contributed by atoms with van der Waals surface area (Å²) in [4.78, 5) is 23.1. The van der Waals surface area contributed by atoms with Crippen molar-refractivity contribution in [2.75, 3.05) is 13.2 Å². The highest BCUT2D eigenvalue weighted by molar-refractivity contribution is 5.97. The molecule has 0 heterocycles. The molecule has 3 aromatic carbocycles. The summed E-state index contributed by atoms with van der Waals surface area (Å²) in [6, 6.07) is 15.2. The van der Waals surface area contributed by atoms with Gasteiger partial charge in [-0.1, -0.05) is 32.4 Å². The zero-order valence-corrected chi connectivity index (χ0v) is 20.9. The van der Waals surface area contributed by atoms with Gasteiger partial charge in [-0.15, -0.1) is 0 Å². The zero-order chi connectivity index (χ0) is 26.1. The Morgan fingerprint density at radius 3 is 2.22 bits per heavy atom. The van der Waals surface area contributed by atoms with Gasteiger partial charge in [-0.3, -0.25) is 4.79 Å². The van der Waals surface area contributed by atoms with Gasteiger partial charge in [-0.25, -0.2) is 4.79 Å². The zero-order valence-electron chi connectivity index (χ0n) is 20.9. The third-order valence-corrected chi connectivity index (χ3v) is 5.64. The summed E-state index contributed by atoms with van der Waals surface area (Å²) in [5.41, 5.74) is 2.24. The molecule has 0 bridgehead atoms. The Bertz CT molecular complexity index is 1220. The number of benzene rings is 3. The summed E-state index contributed by atoms with van der Waals surface area (Å²) < 4.78 is 17.7. The number of phenols is 1. The smallest absolute Gasteiger partial charge is 0.339 e. The Kier molecular flexibility index (Phi) is 9.33. The Hall–Kier alpha value is -4.00. The van der Waals surface area contributed by atoms with Crippen LogP contribution in [0.4, 0.5) is 0 Å². The molecule has 0 aliphatic rings. The van der Waals surface area contributed by atoms with Gasteiger partial charge in [-0.2, -0.15) is 0 Å². The molecule has 0 radical (unpaired) electrons. The summed E-state index contributed by atoms with van der Waals surface area (Å²) in [6.07, 6.45) is 2.99. The molecule has 0 aliphatic heterocycles. The van der Waals surface area contributed by atoms with Gasteiger partial charge in [0.25, 0.3) is 0 Å². The van der Waals surface area contributed by atoms with E-state index in [0.29, 0.717) is 43.1 Å². The van der Waals surface area contributed by atoms with Gasteiger partial charge >= 0.3 is 5.97 Å². The highest BCUT2D eigenvalue weighted by Crippen LogP contribution is 2.31. The molecule has 3 aromatic rings. The fourth-order valence-corrected chi connectivity index (χ4v) is 3.81. The van der Waals surface area contributed by atoms with E-state index in [-0.39, 0.29) is 22.8 Å². The van der Waals surface area contributed by atoms with Crippen LogP contribution in [-0.4, -0.2) is 35.2 Å². The second kappa shape index (κ2) is 12.6. The third kappa shape index (κ3) is 6.78. The molecule has 0 aromatic heterocycles. The molecule has 0 saturated carbocycles. The molecule has 7 heteroatoms. The number of Topliss-reactive ketones (excluding diaryl/α,β-unsaturated/α-hetero) is 1. The van der Waals surface area contributed by atoms with Gasteiger partial charge < -0.3 is 24.4 Å². The van der Waals surface area contributed by atoms with Crippen LogP contribution in [0.25, 0.3) is 0 Å². The molecule has 190 valence electrons. The number of ether oxygens (including phenoxy) is 3. The number of hydrogen-bond donors (Lipinski definition) is 2. The Balaban J connectivity index is 1.61. The number of carboxylic acid groups (broad SMARTS) is 1. The standard InChI is InChI=1S/C29H32O7/c1-4-9-21-16-22(36-27-11-7-6-10-23(27)29(32)33)12-13-26(21)34-14-8-15-35-28-18-25(31)24(19(3)30)17-20(28)5-2/h6-7,10-13,16-18,31H,4-5,8-9,14-15H2,1-3H3,(H,32,33). The first-order valence-electron chi connectivity index (χ1n) is 12.1. The van der Waals surface area contributed by atoms with E-state index in [4.69, 9.17) is 14.2 Å². The summed E-state index contributed by atoms with van der Waals surface area (Å²) in [5.74, 6) is 0.827. The van der Waals surface area contributed by atoms with Gasteiger partial charge in [-0.05, 0) is 67.3 Å². The van der Waals surface area contributed by atoms with E-state index in [9.17, 15) is 19.8 Å². The maximum Gasteiger partial charge on any atom is 0.339 e. The first kappa shape index (κ1) is 26.6. The van der Waals surface area contributed by atoms with Crippen LogP contribution in [0, 0.1) is 0 Å². The predicted molar refractivity (Wildman–Crippen MR) is 137 cm³/mol. The van der Waals surface area contributed by atoms with Crippen LogP contribution in [0.2, 0.25) is 0 Å². The molecule has 0 amide bonds. The maximum atomic E-state index is 11.7. The van der Waals surface area contributed by atoms with E-state index in [1.165, 1.54) is 19.1 Å². The van der Waals surface area contributed by atoms with Crippen molar-refractivity contribution in [3.63, 3.8) is 0 Å². The van der Waals surface area contributed by atoms with E-state index >= 15 is 0 Å². The van der Waals surface area contributed by atoms with Crippen LogP contribution in [0.1, 0.15) is 65.5 Å². The summed E-state index contributed by atoms with van der Waals surface area (Å²) in [5, 5.41) is 19.5. The average molecular weight is 493 g/mol. The second-order valence-electron chi connectivity index (χ2n) is 8.36. The lowest BCUT2D eigenvalue weighted by Gasteiger charge is -2.15. The number of carbonyl (C=O) groups excluding carboxylic acids is 1. The number of ketones is 1. The lowest BCUT2D eigenvalue weighted by atomic mass is 10.0. The fourth-order valence-electron chi connectivity index (χ4n) is 3.81. The van der Waals surface area contributed by atoms with Crippen molar-refractivity contribution >= 4 is 11.8 Å². The predicted octanol–water partition coefficient (Wildman–Crippen LogP) is 6.45. The highest BCUT2D eigenvalue weighted by atomic mass is 16.5. The molecule has 36 heavy (non-hydrogen) atoms. The average Bonchev–Trinajstić information content (AvgIpc) is 2.85. The molecule has 3 rings (SSSR count). The molecular weight excluding hydrogens is 460 g/mol. The molecule has 0 saturated heterocycles. The molecule has 0 unspecified atom stereocenters. The number of aromatic hydroxyl groups is 1. The van der Waals surface area contributed by atoms with E-state index < -0.39 is 5.97 Å². The number of hydrogen-bond acceptors (Lipinski definition) is 6. The normalized spacial score (nSPS) is 10.6. The van der Waals surface area contributed by atoms with Gasteiger partial charge in [0.2, 0.25) is 0 Å². The van der Waals surface area contributed by atoms with Crippen molar-refractivity contribution in [2.45, 2.75) is 46.5 Å². The molecule has 7 nitrogen and oxygen atoms in total. The SMILES string of the molecule is CCCc1cc(Oc2ccccc2C(=O)O)ccc1OCCCOc1cc(O)c(C(C)=O)cc1CC. The largest absolute Gasteiger partial charge is 0.507 e. The van der Waals surface area contributed by atoms with Crippen molar-refractivity contribution < 1.29 is 34.0 Å². The van der Waals surface area contributed by atoms with Crippen molar-refractivity contribution in [1.82, 2.24) is 0 Å². The van der Waals surface area contributed by atoms with Crippen LogP contribution in [0.3, 0.4) is 0 Å². The van der Waals surface area contributed by atoms with Crippen molar-refractivity contribution in [3.8, 4) is 28.7 Å². The first-order chi connectivity index (χ1) is 17.3. The van der Waals surface area contributed by atoms with Gasteiger partial charge in [0.1, 0.15) is 34.3 Å². The minimum Gasteiger partial charge on any atom is -0.507 e. The van der Waals surface area contributed by atoms with E-state index in [1.807, 2.05) is 19.1 Å². The Morgan fingerprint density at radius 1 is 0.833 bits per heavy atom. The molecule has 0 aliphatic carbocycles. The fraction of sp³-hybridized carbons (Fsp3) is 0.310. The summed E-state index contributed by atoms with van der Waals surface area (Å²) >= 11 is 0. The minimum absolute atomic E-state index is 0.0801. The van der Waals surface area contributed by atoms with E-state index in [0.717, 1.165) is 29.7 Å². The van der Waals surface area contributed by atoms with Crippen LogP contribution in [0.15, 0.2) is 54.6 Å². The molecular formula is C29H32O7. The van der Waals surface area contributed by atoms with E-state index in [2.05, 4.69) is 6.92 Å². The van der Waals surface area contributed by atoms with Gasteiger partial charge in [0.05, 0.1) is 18.8 Å². The van der Waals surface area contributed by atoms with Crippen LogP contribution >= 0.6 is 0 Å². The topological polar surface area (TPSA) is 102 Å². The number of aryl methyl sites for hydroxylation is 2. The number of carboxylic acids is 1. The first-order valence-corrected chi connectivity index (χ1v) is 12.1. The van der Waals surface area contributed by atoms with Gasteiger partial charge in [0, 0.05) is 12.5 Å². The summed E-state index contributed by atoms with van der Waals surface area (Å²) in [7, 11) is 0. The molecule has 0 fully saturated rings. The molecule has 0 spiro atoms.